The Bertz CT molecular complexity index is 616. The zero-order valence-corrected chi connectivity index (χ0v) is 13.9. The molecule has 0 spiro atoms. The van der Waals surface area contributed by atoms with E-state index in [0.717, 1.165) is 11.1 Å². The number of carbonyl (C=O) groups is 2. The molecule has 2 saturated heterocycles. The third-order valence-electron chi connectivity index (χ3n) is 4.44. The number of hydrogen-bond acceptors (Lipinski definition) is 7. The van der Waals surface area contributed by atoms with Gasteiger partial charge in [-0.25, -0.2) is 4.79 Å². The summed E-state index contributed by atoms with van der Waals surface area (Å²) in [5, 5.41) is 0. The van der Waals surface area contributed by atoms with E-state index in [2.05, 4.69) is 0 Å². The highest BCUT2D eigenvalue weighted by atomic mass is 16.7. The van der Waals surface area contributed by atoms with Crippen LogP contribution in [0.2, 0.25) is 0 Å². The standard InChI is InChI=1S/C17H21NO6/c1-10-4-6-11(7-5-10)14(16(19)22-3)18-8-13(21-2)24-12-9-23-17(20)15(12)18/h4-7,12-15H,8-9H2,1-3H3/t12?,13-,14?,15+/m0/s1. The van der Waals surface area contributed by atoms with Crippen LogP contribution in [0.1, 0.15) is 17.2 Å². The van der Waals surface area contributed by atoms with Crippen LogP contribution in [0.25, 0.3) is 0 Å². The van der Waals surface area contributed by atoms with Crippen LogP contribution in [0.3, 0.4) is 0 Å². The van der Waals surface area contributed by atoms with Crippen LogP contribution in [-0.4, -0.2) is 62.6 Å². The highest BCUT2D eigenvalue weighted by Crippen LogP contribution is 2.33. The number of benzene rings is 1. The molecule has 0 radical (unpaired) electrons. The molecule has 0 aliphatic carbocycles. The van der Waals surface area contributed by atoms with Gasteiger partial charge in [0.15, 0.2) is 6.29 Å². The largest absolute Gasteiger partial charge is 0.468 e. The lowest BCUT2D eigenvalue weighted by molar-refractivity contribution is -0.216. The zero-order chi connectivity index (χ0) is 17.3. The third-order valence-corrected chi connectivity index (χ3v) is 4.44. The molecule has 1 aromatic carbocycles. The van der Waals surface area contributed by atoms with E-state index < -0.39 is 36.4 Å². The minimum atomic E-state index is -0.727. The van der Waals surface area contributed by atoms with Crippen molar-refractivity contribution < 1.29 is 28.5 Å². The maximum absolute atomic E-state index is 12.5. The SMILES string of the molecule is COC(=O)C(c1ccc(C)cc1)N1C[C@@H](OC)OC2COC(=O)[C@@H]21. The van der Waals surface area contributed by atoms with E-state index in [-0.39, 0.29) is 13.2 Å². The van der Waals surface area contributed by atoms with Gasteiger partial charge in [-0.3, -0.25) is 9.69 Å². The highest BCUT2D eigenvalue weighted by molar-refractivity contribution is 5.82. The minimum absolute atomic E-state index is 0.154. The van der Waals surface area contributed by atoms with Gasteiger partial charge < -0.3 is 18.9 Å². The Morgan fingerprint density at radius 1 is 1.29 bits per heavy atom. The molecule has 0 bridgehead atoms. The van der Waals surface area contributed by atoms with E-state index >= 15 is 0 Å². The van der Waals surface area contributed by atoms with Gasteiger partial charge in [-0.05, 0) is 12.5 Å². The molecule has 4 atom stereocenters. The summed E-state index contributed by atoms with van der Waals surface area (Å²) in [5.41, 5.74) is 1.83. The summed E-state index contributed by atoms with van der Waals surface area (Å²) in [5.74, 6) is -0.829. The van der Waals surface area contributed by atoms with Gasteiger partial charge in [0.1, 0.15) is 24.8 Å². The number of ether oxygens (including phenoxy) is 4. The van der Waals surface area contributed by atoms with Gasteiger partial charge in [-0.15, -0.1) is 0 Å². The second kappa shape index (κ2) is 6.88. The highest BCUT2D eigenvalue weighted by Gasteiger charge is 2.51. The number of methoxy groups -OCH3 is 2. The molecule has 2 heterocycles. The van der Waals surface area contributed by atoms with E-state index in [0.29, 0.717) is 0 Å². The molecule has 2 aliphatic rings. The van der Waals surface area contributed by atoms with Gasteiger partial charge in [-0.2, -0.15) is 0 Å². The average Bonchev–Trinajstić information content (AvgIpc) is 2.97. The van der Waals surface area contributed by atoms with Crippen LogP contribution >= 0.6 is 0 Å². The summed E-state index contributed by atoms with van der Waals surface area (Å²) in [6.45, 7) is 2.39. The molecule has 7 nitrogen and oxygen atoms in total. The van der Waals surface area contributed by atoms with E-state index in [9.17, 15) is 9.59 Å². The van der Waals surface area contributed by atoms with Crippen molar-refractivity contribution in [2.24, 2.45) is 0 Å². The van der Waals surface area contributed by atoms with Gasteiger partial charge in [0.05, 0.1) is 13.7 Å². The number of aryl methyl sites for hydroxylation is 1. The predicted octanol–water partition coefficient (Wildman–Crippen LogP) is 0.808. The Labute approximate surface area is 140 Å². The third kappa shape index (κ3) is 3.02. The van der Waals surface area contributed by atoms with Crippen molar-refractivity contribution >= 4 is 11.9 Å². The molecule has 0 aromatic heterocycles. The first-order valence-corrected chi connectivity index (χ1v) is 7.80. The molecule has 3 rings (SSSR count). The molecule has 24 heavy (non-hydrogen) atoms. The first kappa shape index (κ1) is 16.9. The Balaban J connectivity index is 1.99. The fourth-order valence-electron chi connectivity index (χ4n) is 3.20. The Kier molecular flexibility index (Phi) is 4.84. The molecule has 1 aromatic rings. The zero-order valence-electron chi connectivity index (χ0n) is 13.9. The topological polar surface area (TPSA) is 74.3 Å². The number of hydrogen-bond donors (Lipinski definition) is 0. The predicted molar refractivity (Wildman–Crippen MR) is 83.1 cm³/mol. The van der Waals surface area contributed by atoms with Crippen LogP contribution in [0.4, 0.5) is 0 Å². The summed E-state index contributed by atoms with van der Waals surface area (Å²) >= 11 is 0. The summed E-state index contributed by atoms with van der Waals surface area (Å²) in [7, 11) is 2.86. The molecule has 2 aliphatic heterocycles. The van der Waals surface area contributed by atoms with Crippen molar-refractivity contribution in [1.82, 2.24) is 4.90 Å². The molecule has 2 unspecified atom stereocenters. The van der Waals surface area contributed by atoms with Gasteiger partial charge in [0.2, 0.25) is 0 Å². The van der Waals surface area contributed by atoms with Crippen molar-refractivity contribution in [2.75, 3.05) is 27.4 Å². The van der Waals surface area contributed by atoms with Crippen LogP contribution in [0.5, 0.6) is 0 Å². The minimum Gasteiger partial charge on any atom is -0.468 e. The number of cyclic esters (lactones) is 1. The van der Waals surface area contributed by atoms with Gasteiger partial charge in [0, 0.05) is 7.11 Å². The molecule has 2 fully saturated rings. The maximum atomic E-state index is 12.5. The lowest BCUT2D eigenvalue weighted by atomic mass is 9.99. The van der Waals surface area contributed by atoms with E-state index in [1.54, 1.807) is 4.90 Å². The maximum Gasteiger partial charge on any atom is 0.327 e. The number of esters is 2. The summed E-state index contributed by atoms with van der Waals surface area (Å²) < 4.78 is 21.1. The lowest BCUT2D eigenvalue weighted by Gasteiger charge is -2.41. The van der Waals surface area contributed by atoms with Crippen molar-refractivity contribution in [3.8, 4) is 0 Å². The number of nitrogens with zero attached hydrogens (tertiary/aromatic N) is 1. The number of morpholine rings is 1. The first-order valence-electron chi connectivity index (χ1n) is 7.80. The number of carbonyl (C=O) groups excluding carboxylic acids is 2. The van der Waals surface area contributed by atoms with Crippen LogP contribution < -0.4 is 0 Å². The first-order chi connectivity index (χ1) is 11.5. The number of fused-ring (bicyclic) bond motifs is 1. The van der Waals surface area contributed by atoms with Crippen LogP contribution in [0, 0.1) is 6.92 Å². The van der Waals surface area contributed by atoms with E-state index in [4.69, 9.17) is 18.9 Å². The smallest absolute Gasteiger partial charge is 0.327 e. The Morgan fingerprint density at radius 3 is 2.62 bits per heavy atom. The van der Waals surface area contributed by atoms with Gasteiger partial charge >= 0.3 is 11.9 Å². The van der Waals surface area contributed by atoms with Gasteiger partial charge in [0.25, 0.3) is 0 Å². The summed E-state index contributed by atoms with van der Waals surface area (Å²) in [4.78, 5) is 26.4. The number of rotatable bonds is 4. The quantitative estimate of drug-likeness (QED) is 0.754. The molecular weight excluding hydrogens is 314 g/mol. The Hall–Kier alpha value is -1.96. The molecule has 7 heteroatoms. The fraction of sp³-hybridized carbons (Fsp3) is 0.529. The average molecular weight is 335 g/mol. The fourth-order valence-corrected chi connectivity index (χ4v) is 3.20. The van der Waals surface area contributed by atoms with Crippen molar-refractivity contribution in [2.45, 2.75) is 31.4 Å². The molecule has 0 N–H and O–H groups in total. The van der Waals surface area contributed by atoms with Crippen molar-refractivity contribution in [3.63, 3.8) is 0 Å². The Morgan fingerprint density at radius 2 is 2.00 bits per heavy atom. The monoisotopic (exact) mass is 335 g/mol. The van der Waals surface area contributed by atoms with E-state index in [1.807, 2.05) is 31.2 Å². The summed E-state index contributed by atoms with van der Waals surface area (Å²) in [6, 6.07) is 6.19. The van der Waals surface area contributed by atoms with Gasteiger partial charge in [-0.1, -0.05) is 29.8 Å². The molecule has 130 valence electrons. The van der Waals surface area contributed by atoms with Crippen LogP contribution in [-0.2, 0) is 28.5 Å². The molecular formula is C17H21NO6. The van der Waals surface area contributed by atoms with Crippen LogP contribution in [0.15, 0.2) is 24.3 Å². The van der Waals surface area contributed by atoms with Crippen molar-refractivity contribution in [3.05, 3.63) is 35.4 Å². The van der Waals surface area contributed by atoms with E-state index in [1.165, 1.54) is 14.2 Å². The normalized spacial score (nSPS) is 28.1. The lowest BCUT2D eigenvalue weighted by Crippen LogP contribution is -2.58. The second-order valence-corrected chi connectivity index (χ2v) is 5.95. The summed E-state index contributed by atoms with van der Waals surface area (Å²) in [6.07, 6.45) is -1.01. The second-order valence-electron chi connectivity index (χ2n) is 5.95. The van der Waals surface area contributed by atoms with Crippen molar-refractivity contribution in [1.29, 1.82) is 0 Å². The molecule has 0 amide bonds. The molecule has 0 saturated carbocycles.